The molecule has 1 unspecified atom stereocenters. The second-order valence-electron chi connectivity index (χ2n) is 5.13. The number of likely N-dealkylation sites (N-methyl/N-ethyl adjacent to an activating group) is 1. The molecule has 0 aliphatic rings. The lowest BCUT2D eigenvalue weighted by Crippen LogP contribution is -2.39. The van der Waals surface area contributed by atoms with Crippen LogP contribution in [0.4, 0.5) is 0 Å². The van der Waals surface area contributed by atoms with Crippen molar-refractivity contribution in [2.75, 3.05) is 20.6 Å². The molecule has 0 spiro atoms. The van der Waals surface area contributed by atoms with Crippen LogP contribution in [0.25, 0.3) is 0 Å². The molecule has 112 valence electrons. The summed E-state index contributed by atoms with van der Waals surface area (Å²) in [6.45, 7) is 0.444. The zero-order valence-electron chi connectivity index (χ0n) is 12.3. The van der Waals surface area contributed by atoms with Crippen molar-refractivity contribution >= 4 is 5.91 Å². The van der Waals surface area contributed by atoms with Crippen LogP contribution in [0.3, 0.4) is 0 Å². The average Bonchev–Trinajstić information content (AvgIpc) is 3.01. The normalized spacial score (nSPS) is 13.9. The van der Waals surface area contributed by atoms with Crippen LogP contribution in [-0.4, -0.2) is 31.4 Å². The van der Waals surface area contributed by atoms with E-state index in [2.05, 4.69) is 5.32 Å². The van der Waals surface area contributed by atoms with Crippen LogP contribution in [0.2, 0.25) is 0 Å². The van der Waals surface area contributed by atoms with E-state index >= 15 is 0 Å². The smallest absolute Gasteiger partial charge is 0.241 e. The van der Waals surface area contributed by atoms with Crippen molar-refractivity contribution in [2.45, 2.75) is 12.1 Å². The maximum atomic E-state index is 12.2. The highest BCUT2D eigenvalue weighted by Crippen LogP contribution is 2.18. The molecule has 2 atom stereocenters. The summed E-state index contributed by atoms with van der Waals surface area (Å²) in [4.78, 5) is 14.1. The van der Waals surface area contributed by atoms with E-state index in [9.17, 15) is 4.79 Å². The van der Waals surface area contributed by atoms with Gasteiger partial charge >= 0.3 is 0 Å². The number of carbonyl (C=O) groups is 1. The van der Waals surface area contributed by atoms with Crippen LogP contribution in [0, 0.1) is 0 Å². The van der Waals surface area contributed by atoms with E-state index in [1.165, 1.54) is 0 Å². The summed E-state index contributed by atoms with van der Waals surface area (Å²) in [6.07, 6.45) is 1.63. The lowest BCUT2D eigenvalue weighted by molar-refractivity contribution is -0.122. The van der Waals surface area contributed by atoms with Crippen molar-refractivity contribution in [1.29, 1.82) is 0 Å². The van der Waals surface area contributed by atoms with Crippen LogP contribution in [-0.2, 0) is 4.79 Å². The van der Waals surface area contributed by atoms with E-state index < -0.39 is 6.04 Å². The summed E-state index contributed by atoms with van der Waals surface area (Å²) >= 11 is 0. The highest BCUT2D eigenvalue weighted by atomic mass is 16.3. The Morgan fingerprint density at radius 2 is 1.95 bits per heavy atom. The molecular weight excluding hydrogens is 266 g/mol. The molecule has 0 aliphatic carbocycles. The first-order valence-corrected chi connectivity index (χ1v) is 6.87. The zero-order chi connectivity index (χ0) is 15.2. The molecule has 2 aromatic rings. The molecule has 21 heavy (non-hydrogen) atoms. The molecule has 3 N–H and O–H groups in total. The minimum absolute atomic E-state index is 0.0214. The number of nitrogens with zero attached hydrogens (tertiary/aromatic N) is 1. The number of nitrogens with one attached hydrogen (secondary N) is 1. The van der Waals surface area contributed by atoms with Gasteiger partial charge in [-0.1, -0.05) is 30.3 Å². The second kappa shape index (κ2) is 7.06. The standard InChI is InChI=1S/C16H21N3O2/c1-19(2)13(14-9-6-10-21-14)11-18-16(20)15(17)12-7-4-3-5-8-12/h3-10,13,15H,11,17H2,1-2H3,(H,18,20)/t13?,15-/m1/s1. The van der Waals surface area contributed by atoms with Gasteiger partial charge in [0.1, 0.15) is 11.8 Å². The van der Waals surface area contributed by atoms with Crippen LogP contribution in [0.5, 0.6) is 0 Å². The van der Waals surface area contributed by atoms with E-state index in [-0.39, 0.29) is 11.9 Å². The largest absolute Gasteiger partial charge is 0.468 e. The predicted octanol–water partition coefficient (Wildman–Crippen LogP) is 1.70. The van der Waals surface area contributed by atoms with Crippen LogP contribution < -0.4 is 11.1 Å². The minimum Gasteiger partial charge on any atom is -0.468 e. The third kappa shape index (κ3) is 3.93. The lowest BCUT2D eigenvalue weighted by Gasteiger charge is -2.23. The molecule has 5 heteroatoms. The van der Waals surface area contributed by atoms with E-state index in [0.717, 1.165) is 11.3 Å². The first-order valence-electron chi connectivity index (χ1n) is 6.87. The molecule has 5 nitrogen and oxygen atoms in total. The molecule has 0 fully saturated rings. The first kappa shape index (κ1) is 15.3. The quantitative estimate of drug-likeness (QED) is 0.848. The molecule has 0 saturated carbocycles. The summed E-state index contributed by atoms with van der Waals surface area (Å²) in [5.74, 6) is 0.619. The number of rotatable bonds is 6. The average molecular weight is 287 g/mol. The maximum Gasteiger partial charge on any atom is 0.241 e. The first-order chi connectivity index (χ1) is 10.1. The SMILES string of the molecule is CN(C)C(CNC(=O)[C@H](N)c1ccccc1)c1ccco1. The second-order valence-corrected chi connectivity index (χ2v) is 5.13. The zero-order valence-corrected chi connectivity index (χ0v) is 12.3. The Hall–Kier alpha value is -2.11. The molecule has 1 aromatic carbocycles. The Morgan fingerprint density at radius 1 is 1.24 bits per heavy atom. The van der Waals surface area contributed by atoms with E-state index in [1.54, 1.807) is 6.26 Å². The van der Waals surface area contributed by atoms with Gasteiger partial charge in [-0.25, -0.2) is 0 Å². The fourth-order valence-corrected chi connectivity index (χ4v) is 2.14. The van der Waals surface area contributed by atoms with Gasteiger partial charge in [-0.2, -0.15) is 0 Å². The maximum absolute atomic E-state index is 12.2. The van der Waals surface area contributed by atoms with Gasteiger partial charge in [-0.15, -0.1) is 0 Å². The molecule has 2 rings (SSSR count). The molecule has 0 radical (unpaired) electrons. The summed E-state index contributed by atoms with van der Waals surface area (Å²) in [6, 6.07) is 12.4. The Labute approximate surface area is 124 Å². The van der Waals surface area contributed by atoms with E-state index in [0.29, 0.717) is 6.54 Å². The summed E-state index contributed by atoms with van der Waals surface area (Å²) in [5.41, 5.74) is 6.77. The van der Waals surface area contributed by atoms with Crippen molar-refractivity contribution in [3.8, 4) is 0 Å². The Morgan fingerprint density at radius 3 is 2.52 bits per heavy atom. The molecule has 1 amide bonds. The summed E-state index contributed by atoms with van der Waals surface area (Å²) in [5, 5.41) is 2.89. The number of furan rings is 1. The van der Waals surface area contributed by atoms with E-state index in [4.69, 9.17) is 10.2 Å². The Bertz CT molecular complexity index is 552. The molecule has 0 saturated heterocycles. The van der Waals surface area contributed by atoms with Crippen LogP contribution in [0.1, 0.15) is 23.4 Å². The van der Waals surface area contributed by atoms with Crippen molar-refractivity contribution in [2.24, 2.45) is 5.73 Å². The number of hydrogen-bond donors (Lipinski definition) is 2. The van der Waals surface area contributed by atoms with Gasteiger partial charge in [0.2, 0.25) is 5.91 Å². The number of amides is 1. The van der Waals surface area contributed by atoms with Gasteiger partial charge in [0.05, 0.1) is 12.3 Å². The van der Waals surface area contributed by atoms with Crippen molar-refractivity contribution in [1.82, 2.24) is 10.2 Å². The monoisotopic (exact) mass is 287 g/mol. The minimum atomic E-state index is -0.661. The van der Waals surface area contributed by atoms with Crippen LogP contribution in [0.15, 0.2) is 53.1 Å². The van der Waals surface area contributed by atoms with Gasteiger partial charge < -0.3 is 15.5 Å². The van der Waals surface area contributed by atoms with Gasteiger partial charge in [-0.05, 0) is 31.8 Å². The van der Waals surface area contributed by atoms with Crippen LogP contribution >= 0.6 is 0 Å². The van der Waals surface area contributed by atoms with Crippen molar-refractivity contribution in [3.63, 3.8) is 0 Å². The third-order valence-corrected chi connectivity index (χ3v) is 3.41. The van der Waals surface area contributed by atoms with Crippen molar-refractivity contribution < 1.29 is 9.21 Å². The predicted molar refractivity (Wildman–Crippen MR) is 81.5 cm³/mol. The molecule has 0 bridgehead atoms. The molecule has 0 aliphatic heterocycles. The topological polar surface area (TPSA) is 71.5 Å². The molecular formula is C16H21N3O2. The number of benzene rings is 1. The summed E-state index contributed by atoms with van der Waals surface area (Å²) < 4.78 is 5.41. The Balaban J connectivity index is 1.96. The third-order valence-electron chi connectivity index (χ3n) is 3.41. The van der Waals surface area contributed by atoms with Crippen molar-refractivity contribution in [3.05, 3.63) is 60.1 Å². The highest BCUT2D eigenvalue weighted by Gasteiger charge is 2.20. The van der Waals surface area contributed by atoms with Gasteiger partial charge in [-0.3, -0.25) is 9.69 Å². The fraction of sp³-hybridized carbons (Fsp3) is 0.312. The van der Waals surface area contributed by atoms with E-state index in [1.807, 2.05) is 61.5 Å². The number of nitrogens with two attached hydrogens (primary N) is 1. The fourth-order valence-electron chi connectivity index (χ4n) is 2.14. The molecule has 1 heterocycles. The van der Waals surface area contributed by atoms with Gasteiger partial charge in [0.25, 0.3) is 0 Å². The van der Waals surface area contributed by atoms with Gasteiger partial charge in [0.15, 0.2) is 0 Å². The Kier molecular flexibility index (Phi) is 5.14. The molecule has 1 aromatic heterocycles. The van der Waals surface area contributed by atoms with Gasteiger partial charge in [0, 0.05) is 6.54 Å². The highest BCUT2D eigenvalue weighted by molar-refractivity contribution is 5.82. The number of hydrogen-bond acceptors (Lipinski definition) is 4. The lowest BCUT2D eigenvalue weighted by atomic mass is 10.1. The summed E-state index contributed by atoms with van der Waals surface area (Å²) in [7, 11) is 3.88. The number of carbonyl (C=O) groups excluding carboxylic acids is 1.